The van der Waals surface area contributed by atoms with E-state index < -0.39 is 0 Å². The number of para-hydroxylation sites is 1. The topological polar surface area (TPSA) is 49.4 Å². The van der Waals surface area contributed by atoms with Crippen LogP contribution in [-0.2, 0) is 15.0 Å². The third-order valence-corrected chi connectivity index (χ3v) is 4.75. The smallest absolute Gasteiger partial charge is 0.226 e. The molecule has 0 unspecified atom stereocenters. The number of rotatable bonds is 5. The quantitative estimate of drug-likeness (QED) is 0.811. The maximum absolute atomic E-state index is 12.5. The molecule has 27 heavy (non-hydrogen) atoms. The summed E-state index contributed by atoms with van der Waals surface area (Å²) in [4.78, 5) is 26.3. The Morgan fingerprint density at radius 1 is 1.00 bits per heavy atom. The van der Waals surface area contributed by atoms with Crippen LogP contribution in [0.1, 0.15) is 50.8 Å². The van der Waals surface area contributed by atoms with Gasteiger partial charge in [-0.3, -0.25) is 9.59 Å². The van der Waals surface area contributed by atoms with E-state index >= 15 is 0 Å². The molecule has 4 heteroatoms. The van der Waals surface area contributed by atoms with Gasteiger partial charge in [-0.1, -0.05) is 45.0 Å². The molecule has 1 N–H and O–H groups in total. The summed E-state index contributed by atoms with van der Waals surface area (Å²) in [6, 6.07) is 13.8. The number of hydrogen-bond acceptors (Lipinski definition) is 2. The summed E-state index contributed by atoms with van der Waals surface area (Å²) in [5.74, 6) is -0.164. The summed E-state index contributed by atoms with van der Waals surface area (Å²) in [5.41, 5.74) is 5.00. The summed E-state index contributed by atoms with van der Waals surface area (Å²) in [6.07, 6.45) is 0.241. The zero-order chi connectivity index (χ0) is 20.2. The van der Waals surface area contributed by atoms with Gasteiger partial charge in [0.2, 0.25) is 11.8 Å². The van der Waals surface area contributed by atoms with Crippen LogP contribution in [0.3, 0.4) is 0 Å². The fourth-order valence-corrected chi connectivity index (χ4v) is 3.03. The molecule has 0 radical (unpaired) electrons. The number of nitrogens with one attached hydrogen (secondary N) is 1. The van der Waals surface area contributed by atoms with Crippen LogP contribution >= 0.6 is 0 Å². The van der Waals surface area contributed by atoms with E-state index in [0.717, 1.165) is 22.5 Å². The minimum atomic E-state index is -0.0956. The van der Waals surface area contributed by atoms with Crippen molar-refractivity contribution in [1.29, 1.82) is 0 Å². The van der Waals surface area contributed by atoms with Gasteiger partial charge in [-0.25, -0.2) is 0 Å². The molecule has 0 spiro atoms. The molecule has 2 aromatic rings. The molecule has 0 aliphatic carbocycles. The van der Waals surface area contributed by atoms with E-state index in [1.165, 1.54) is 12.5 Å². The summed E-state index contributed by atoms with van der Waals surface area (Å²) in [6.45, 7) is 12.3. The van der Waals surface area contributed by atoms with Crippen LogP contribution in [0, 0.1) is 13.8 Å². The molecule has 0 atom stereocenters. The van der Waals surface area contributed by atoms with Crippen molar-refractivity contribution in [1.82, 2.24) is 0 Å². The zero-order valence-electron chi connectivity index (χ0n) is 17.2. The predicted octanol–water partition coefficient (Wildman–Crippen LogP) is 4.98. The Morgan fingerprint density at radius 2 is 1.67 bits per heavy atom. The first-order valence-electron chi connectivity index (χ1n) is 9.34. The average Bonchev–Trinajstić information content (AvgIpc) is 2.57. The Hall–Kier alpha value is -2.62. The van der Waals surface area contributed by atoms with Gasteiger partial charge in [0.15, 0.2) is 0 Å². The lowest BCUT2D eigenvalue weighted by Gasteiger charge is -2.24. The Morgan fingerprint density at radius 3 is 2.26 bits per heavy atom. The molecule has 2 aromatic carbocycles. The van der Waals surface area contributed by atoms with E-state index in [-0.39, 0.29) is 23.7 Å². The number of carbonyl (C=O) groups excluding carboxylic acids is 2. The Balaban J connectivity index is 2.09. The van der Waals surface area contributed by atoms with Crippen LogP contribution in [0.2, 0.25) is 0 Å². The monoisotopic (exact) mass is 366 g/mol. The van der Waals surface area contributed by atoms with Crippen molar-refractivity contribution in [2.24, 2.45) is 0 Å². The summed E-state index contributed by atoms with van der Waals surface area (Å²) in [5, 5.41) is 3.01. The third kappa shape index (κ3) is 5.43. The number of amides is 2. The molecule has 2 amide bonds. The van der Waals surface area contributed by atoms with Crippen LogP contribution < -0.4 is 10.2 Å². The highest BCUT2D eigenvalue weighted by Gasteiger charge is 2.19. The lowest BCUT2D eigenvalue weighted by Crippen LogP contribution is -2.32. The SMILES string of the molecule is CC(=O)N(CCC(=O)Nc1ccccc1C(C)(C)C)c1ccc(C)c(C)c1. The molecular formula is C23H30N2O2. The van der Waals surface area contributed by atoms with E-state index in [2.05, 4.69) is 26.1 Å². The van der Waals surface area contributed by atoms with Crippen LogP contribution in [0.15, 0.2) is 42.5 Å². The van der Waals surface area contributed by atoms with E-state index in [9.17, 15) is 9.59 Å². The molecule has 0 heterocycles. The van der Waals surface area contributed by atoms with Crippen molar-refractivity contribution in [2.75, 3.05) is 16.8 Å². The van der Waals surface area contributed by atoms with Crippen molar-refractivity contribution in [2.45, 2.75) is 53.4 Å². The van der Waals surface area contributed by atoms with Crippen LogP contribution in [-0.4, -0.2) is 18.4 Å². The van der Waals surface area contributed by atoms with Gasteiger partial charge < -0.3 is 10.2 Å². The largest absolute Gasteiger partial charge is 0.326 e. The fourth-order valence-electron chi connectivity index (χ4n) is 3.03. The third-order valence-electron chi connectivity index (χ3n) is 4.75. The second-order valence-electron chi connectivity index (χ2n) is 8.03. The number of hydrogen-bond donors (Lipinski definition) is 1. The first kappa shape index (κ1) is 20.7. The second kappa shape index (κ2) is 8.38. The second-order valence-corrected chi connectivity index (χ2v) is 8.03. The molecule has 0 aromatic heterocycles. The van der Waals surface area contributed by atoms with Crippen molar-refractivity contribution in [3.05, 3.63) is 59.2 Å². The van der Waals surface area contributed by atoms with Gasteiger partial charge in [0.1, 0.15) is 0 Å². The first-order valence-corrected chi connectivity index (χ1v) is 9.34. The Labute approximate surface area is 162 Å². The molecule has 0 fully saturated rings. The van der Waals surface area contributed by atoms with Gasteiger partial charge in [-0.05, 0) is 54.2 Å². The maximum Gasteiger partial charge on any atom is 0.226 e. The lowest BCUT2D eigenvalue weighted by atomic mass is 9.86. The molecule has 0 bridgehead atoms. The minimum Gasteiger partial charge on any atom is -0.326 e. The number of anilines is 2. The van der Waals surface area contributed by atoms with Gasteiger partial charge in [0, 0.05) is 31.3 Å². The fraction of sp³-hybridized carbons (Fsp3) is 0.391. The van der Waals surface area contributed by atoms with Crippen LogP contribution in [0.25, 0.3) is 0 Å². The van der Waals surface area contributed by atoms with E-state index in [0.29, 0.717) is 6.54 Å². The Kier molecular flexibility index (Phi) is 6.42. The van der Waals surface area contributed by atoms with E-state index in [1.54, 1.807) is 4.90 Å². The van der Waals surface area contributed by atoms with Crippen molar-refractivity contribution < 1.29 is 9.59 Å². The van der Waals surface area contributed by atoms with Crippen LogP contribution in [0.5, 0.6) is 0 Å². The minimum absolute atomic E-state index is 0.0608. The van der Waals surface area contributed by atoms with Gasteiger partial charge in [-0.2, -0.15) is 0 Å². The molecular weight excluding hydrogens is 336 g/mol. The van der Waals surface area contributed by atoms with Gasteiger partial charge in [0.25, 0.3) is 0 Å². The number of benzene rings is 2. The number of aryl methyl sites for hydroxylation is 2. The molecule has 2 rings (SSSR count). The number of nitrogens with zero attached hydrogens (tertiary/aromatic N) is 1. The number of carbonyl (C=O) groups is 2. The molecule has 0 saturated heterocycles. The summed E-state index contributed by atoms with van der Waals surface area (Å²) >= 11 is 0. The first-order chi connectivity index (χ1) is 12.6. The summed E-state index contributed by atoms with van der Waals surface area (Å²) < 4.78 is 0. The van der Waals surface area contributed by atoms with E-state index in [4.69, 9.17) is 0 Å². The molecule has 4 nitrogen and oxygen atoms in total. The summed E-state index contributed by atoms with van der Waals surface area (Å²) in [7, 11) is 0. The molecule has 0 saturated carbocycles. The standard InChI is InChI=1S/C23H30N2O2/c1-16-11-12-19(15-17(16)2)25(18(3)26)14-13-22(27)24-21-10-8-7-9-20(21)23(4,5)6/h7-12,15H,13-14H2,1-6H3,(H,24,27). The molecule has 144 valence electrons. The van der Waals surface area contributed by atoms with Crippen molar-refractivity contribution in [3.63, 3.8) is 0 Å². The van der Waals surface area contributed by atoms with Gasteiger partial charge in [0.05, 0.1) is 0 Å². The normalized spacial score (nSPS) is 11.2. The van der Waals surface area contributed by atoms with E-state index in [1.807, 2.05) is 56.3 Å². The van der Waals surface area contributed by atoms with Gasteiger partial charge >= 0.3 is 0 Å². The van der Waals surface area contributed by atoms with Crippen molar-refractivity contribution >= 4 is 23.2 Å². The Bertz CT molecular complexity index is 835. The average molecular weight is 367 g/mol. The lowest BCUT2D eigenvalue weighted by molar-refractivity contribution is -0.117. The predicted molar refractivity (Wildman–Crippen MR) is 112 cm³/mol. The highest BCUT2D eigenvalue weighted by molar-refractivity contribution is 5.95. The van der Waals surface area contributed by atoms with Gasteiger partial charge in [-0.15, -0.1) is 0 Å². The zero-order valence-corrected chi connectivity index (χ0v) is 17.2. The van der Waals surface area contributed by atoms with Crippen molar-refractivity contribution in [3.8, 4) is 0 Å². The molecule has 0 aliphatic rings. The highest BCUT2D eigenvalue weighted by atomic mass is 16.2. The molecule has 0 aliphatic heterocycles. The van der Waals surface area contributed by atoms with Crippen LogP contribution in [0.4, 0.5) is 11.4 Å². The highest BCUT2D eigenvalue weighted by Crippen LogP contribution is 2.29. The maximum atomic E-state index is 12.5.